The zero-order valence-corrected chi connectivity index (χ0v) is 5.86. The number of nitrogen functional groups attached to an aromatic ring is 1. The fraction of sp³-hybridized carbons (Fsp3) is 0. The Hall–Kier alpha value is -1.71. The van der Waals surface area contributed by atoms with Gasteiger partial charge in [0.15, 0.2) is 0 Å². The van der Waals surface area contributed by atoms with E-state index in [2.05, 4.69) is 10.1 Å². The van der Waals surface area contributed by atoms with Crippen LogP contribution in [0.3, 0.4) is 0 Å². The van der Waals surface area contributed by atoms with Crippen molar-refractivity contribution >= 4 is 5.69 Å². The molecule has 2 aromatic heterocycles. The molecule has 2 aromatic rings. The molecule has 2 heterocycles. The maximum atomic E-state index is 5.51. The summed E-state index contributed by atoms with van der Waals surface area (Å²) in [5, 5.41) is 4.03. The minimum atomic E-state index is 0.718. The van der Waals surface area contributed by atoms with Gasteiger partial charge in [0, 0.05) is 24.7 Å². The van der Waals surface area contributed by atoms with Gasteiger partial charge >= 0.3 is 0 Å². The van der Waals surface area contributed by atoms with Gasteiger partial charge in [-0.25, -0.2) is 4.68 Å². The number of aromatic nitrogens is 3. The fourth-order valence-electron chi connectivity index (χ4n) is 0.942. The Morgan fingerprint density at radius 1 is 1.55 bits per heavy atom. The lowest BCUT2D eigenvalue weighted by molar-refractivity contribution is 0.855. The first-order chi connectivity index (χ1) is 5.36. The number of nitrogens with one attached hydrogen (secondary N) is 1. The summed E-state index contributed by atoms with van der Waals surface area (Å²) < 4.78 is 1.72. The number of nitrogens with zero attached hydrogens (tertiary/aromatic N) is 2. The molecule has 0 aliphatic heterocycles. The van der Waals surface area contributed by atoms with Crippen molar-refractivity contribution in [2.75, 3.05) is 5.73 Å². The summed E-state index contributed by atoms with van der Waals surface area (Å²) in [5.74, 6) is 0.882. The number of rotatable bonds is 1. The summed E-state index contributed by atoms with van der Waals surface area (Å²) in [6, 6.07) is 3.68. The Morgan fingerprint density at radius 3 is 3.00 bits per heavy atom. The Bertz CT molecular complexity index is 333. The number of nitrogens with two attached hydrogens (primary N) is 1. The number of hydrogen-bond acceptors (Lipinski definition) is 2. The lowest BCUT2D eigenvalue weighted by Crippen LogP contribution is -1.92. The molecule has 2 rings (SSSR count). The molecule has 3 N–H and O–H groups in total. The first-order valence-electron chi connectivity index (χ1n) is 3.30. The largest absolute Gasteiger partial charge is 0.397 e. The summed E-state index contributed by atoms with van der Waals surface area (Å²) in [6.45, 7) is 0. The first-order valence-corrected chi connectivity index (χ1v) is 3.30. The van der Waals surface area contributed by atoms with Crippen LogP contribution in [-0.4, -0.2) is 14.8 Å². The van der Waals surface area contributed by atoms with E-state index in [1.807, 2.05) is 18.3 Å². The van der Waals surface area contributed by atoms with Crippen molar-refractivity contribution < 1.29 is 0 Å². The van der Waals surface area contributed by atoms with Crippen molar-refractivity contribution in [3.8, 4) is 5.82 Å². The molecule has 0 atom stereocenters. The number of anilines is 1. The zero-order chi connectivity index (χ0) is 7.68. The van der Waals surface area contributed by atoms with Gasteiger partial charge < -0.3 is 10.7 Å². The average molecular weight is 148 g/mol. The van der Waals surface area contributed by atoms with Gasteiger partial charge in [-0.1, -0.05) is 0 Å². The number of hydrogen-bond donors (Lipinski definition) is 2. The molecular weight excluding hydrogens is 140 g/mol. The van der Waals surface area contributed by atoms with Crippen LogP contribution in [0, 0.1) is 0 Å². The predicted octanol–water partition coefficient (Wildman–Crippen LogP) is 0.783. The molecule has 0 bridgehead atoms. The SMILES string of the molecule is Nc1c[nH]c(-n2cccn2)c1. The highest BCUT2D eigenvalue weighted by Gasteiger charge is 1.96. The van der Waals surface area contributed by atoms with Crippen LogP contribution in [-0.2, 0) is 0 Å². The maximum Gasteiger partial charge on any atom is 0.133 e. The molecule has 56 valence electrons. The molecule has 0 spiro atoms. The molecule has 0 amide bonds. The molecule has 11 heavy (non-hydrogen) atoms. The molecule has 0 unspecified atom stereocenters. The summed E-state index contributed by atoms with van der Waals surface area (Å²) in [5.41, 5.74) is 6.23. The van der Waals surface area contributed by atoms with Gasteiger partial charge in [0.1, 0.15) is 5.82 Å². The summed E-state index contributed by atoms with van der Waals surface area (Å²) in [6.07, 6.45) is 5.30. The van der Waals surface area contributed by atoms with Crippen molar-refractivity contribution in [1.82, 2.24) is 14.8 Å². The molecule has 0 aromatic carbocycles. The van der Waals surface area contributed by atoms with Crippen LogP contribution in [0.4, 0.5) is 5.69 Å². The first kappa shape index (κ1) is 6.03. The van der Waals surface area contributed by atoms with Crippen LogP contribution < -0.4 is 5.73 Å². The monoisotopic (exact) mass is 148 g/mol. The van der Waals surface area contributed by atoms with Gasteiger partial charge in [-0.3, -0.25) is 0 Å². The van der Waals surface area contributed by atoms with E-state index in [4.69, 9.17) is 5.73 Å². The van der Waals surface area contributed by atoms with E-state index in [0.717, 1.165) is 11.5 Å². The van der Waals surface area contributed by atoms with Crippen LogP contribution in [0.1, 0.15) is 0 Å². The van der Waals surface area contributed by atoms with Crippen molar-refractivity contribution in [2.24, 2.45) is 0 Å². The Kier molecular flexibility index (Phi) is 1.18. The summed E-state index contributed by atoms with van der Waals surface area (Å²) in [4.78, 5) is 2.98. The van der Waals surface area contributed by atoms with Crippen LogP contribution in [0.5, 0.6) is 0 Å². The third kappa shape index (κ3) is 0.980. The quantitative estimate of drug-likeness (QED) is 0.627. The van der Waals surface area contributed by atoms with Crippen LogP contribution in [0.15, 0.2) is 30.7 Å². The third-order valence-electron chi connectivity index (χ3n) is 1.44. The summed E-state index contributed by atoms with van der Waals surface area (Å²) >= 11 is 0. The molecule has 0 aliphatic rings. The molecule has 0 saturated heterocycles. The Morgan fingerprint density at radius 2 is 2.45 bits per heavy atom. The van der Waals surface area contributed by atoms with E-state index < -0.39 is 0 Å². The van der Waals surface area contributed by atoms with Crippen molar-refractivity contribution in [1.29, 1.82) is 0 Å². The lowest BCUT2D eigenvalue weighted by atomic mass is 10.5. The second kappa shape index (κ2) is 2.16. The van der Waals surface area contributed by atoms with E-state index in [1.54, 1.807) is 17.1 Å². The third-order valence-corrected chi connectivity index (χ3v) is 1.44. The highest BCUT2D eigenvalue weighted by atomic mass is 15.3. The molecule has 4 nitrogen and oxygen atoms in total. The fourth-order valence-corrected chi connectivity index (χ4v) is 0.942. The van der Waals surface area contributed by atoms with Gasteiger partial charge in [0.2, 0.25) is 0 Å². The molecular formula is C7H8N4. The highest BCUT2D eigenvalue weighted by molar-refractivity contribution is 5.43. The maximum absolute atomic E-state index is 5.51. The lowest BCUT2D eigenvalue weighted by Gasteiger charge is -1.92. The smallest absolute Gasteiger partial charge is 0.133 e. The Balaban J connectivity index is 2.45. The number of aromatic amines is 1. The number of H-pyrrole nitrogens is 1. The average Bonchev–Trinajstić information content (AvgIpc) is 2.55. The van der Waals surface area contributed by atoms with Gasteiger partial charge in [-0.15, -0.1) is 0 Å². The van der Waals surface area contributed by atoms with E-state index in [1.165, 1.54) is 0 Å². The van der Waals surface area contributed by atoms with Gasteiger partial charge in [-0.05, 0) is 6.07 Å². The van der Waals surface area contributed by atoms with Crippen molar-refractivity contribution in [2.45, 2.75) is 0 Å². The van der Waals surface area contributed by atoms with E-state index >= 15 is 0 Å². The van der Waals surface area contributed by atoms with Crippen LogP contribution in [0.2, 0.25) is 0 Å². The van der Waals surface area contributed by atoms with E-state index in [9.17, 15) is 0 Å². The molecule has 0 aliphatic carbocycles. The standard InChI is InChI=1S/C7H8N4/c8-6-4-7(9-5-6)11-3-1-2-10-11/h1-5,9H,8H2. The van der Waals surface area contributed by atoms with Crippen LogP contribution >= 0.6 is 0 Å². The second-order valence-electron chi connectivity index (χ2n) is 2.27. The molecule has 0 saturated carbocycles. The van der Waals surface area contributed by atoms with Gasteiger partial charge in [-0.2, -0.15) is 5.10 Å². The van der Waals surface area contributed by atoms with Gasteiger partial charge in [0.25, 0.3) is 0 Å². The van der Waals surface area contributed by atoms with Crippen molar-refractivity contribution in [3.05, 3.63) is 30.7 Å². The second-order valence-corrected chi connectivity index (χ2v) is 2.27. The normalized spacial score (nSPS) is 10.2. The zero-order valence-electron chi connectivity index (χ0n) is 5.86. The van der Waals surface area contributed by atoms with E-state index in [0.29, 0.717) is 0 Å². The Labute approximate surface area is 63.6 Å². The molecule has 0 radical (unpaired) electrons. The summed E-state index contributed by atoms with van der Waals surface area (Å²) in [7, 11) is 0. The van der Waals surface area contributed by atoms with Gasteiger partial charge in [0.05, 0.1) is 5.69 Å². The predicted molar refractivity (Wildman–Crippen MR) is 42.3 cm³/mol. The minimum Gasteiger partial charge on any atom is -0.397 e. The minimum absolute atomic E-state index is 0.718. The van der Waals surface area contributed by atoms with E-state index in [-0.39, 0.29) is 0 Å². The highest BCUT2D eigenvalue weighted by Crippen LogP contribution is 2.07. The molecule has 4 heteroatoms. The molecule has 0 fully saturated rings. The topological polar surface area (TPSA) is 59.6 Å². The van der Waals surface area contributed by atoms with Crippen LogP contribution in [0.25, 0.3) is 5.82 Å². The van der Waals surface area contributed by atoms with Crippen molar-refractivity contribution in [3.63, 3.8) is 0 Å².